The number of nitrogens with two attached hydrogens (primary N) is 1. The van der Waals surface area contributed by atoms with Gasteiger partial charge in [0, 0.05) is 23.2 Å². The highest BCUT2D eigenvalue weighted by molar-refractivity contribution is 9.10. The molecule has 6 nitrogen and oxygen atoms in total. The molecule has 0 atom stereocenters. The van der Waals surface area contributed by atoms with Crippen LogP contribution in [-0.2, 0) is 14.8 Å². The van der Waals surface area contributed by atoms with Crippen LogP contribution in [0.25, 0.3) is 0 Å². The Balaban J connectivity index is 3.06. The number of benzene rings is 1. The summed E-state index contributed by atoms with van der Waals surface area (Å²) in [5.41, 5.74) is 5.67. The van der Waals surface area contributed by atoms with Gasteiger partial charge in [0.2, 0.25) is 15.9 Å². The van der Waals surface area contributed by atoms with E-state index in [0.29, 0.717) is 0 Å². The first-order valence-electron chi connectivity index (χ1n) is 6.06. The number of nitrogen functional groups attached to an aromatic ring is 1. The molecule has 0 saturated carbocycles. The molecule has 0 aliphatic heterocycles. The highest BCUT2D eigenvalue weighted by Gasteiger charge is 2.27. The van der Waals surface area contributed by atoms with Gasteiger partial charge < -0.3 is 11.1 Å². The predicted octanol–water partition coefficient (Wildman–Crippen LogP) is 1.32. The molecule has 0 radical (unpaired) electrons. The SMILES string of the molecule is CC(C)NC(=O)CN(C)S(=O)(=O)c1cc(N)c(Br)cc1F. The molecule has 1 amide bonds. The molecular weight excluding hydrogens is 365 g/mol. The van der Waals surface area contributed by atoms with Crippen molar-refractivity contribution in [1.29, 1.82) is 0 Å². The van der Waals surface area contributed by atoms with Crippen molar-refractivity contribution in [3.8, 4) is 0 Å². The third-order valence-electron chi connectivity index (χ3n) is 2.56. The lowest BCUT2D eigenvalue weighted by atomic mass is 10.3. The average Bonchev–Trinajstić information content (AvgIpc) is 2.32. The van der Waals surface area contributed by atoms with Gasteiger partial charge in [-0.15, -0.1) is 0 Å². The summed E-state index contributed by atoms with van der Waals surface area (Å²) >= 11 is 3.01. The van der Waals surface area contributed by atoms with Gasteiger partial charge in [0.15, 0.2) is 0 Å². The number of sulfonamides is 1. The molecule has 1 rings (SSSR count). The van der Waals surface area contributed by atoms with E-state index in [1.165, 1.54) is 7.05 Å². The maximum Gasteiger partial charge on any atom is 0.246 e. The standard InChI is InChI=1S/C12H17BrFN3O3S/c1-7(2)16-12(18)6-17(3)21(19,20)11-5-10(15)8(13)4-9(11)14/h4-5,7H,6,15H2,1-3H3,(H,16,18). The number of hydrogen-bond donors (Lipinski definition) is 2. The Kier molecular flexibility index (Phi) is 5.71. The van der Waals surface area contributed by atoms with E-state index in [1.54, 1.807) is 13.8 Å². The van der Waals surface area contributed by atoms with Crippen LogP contribution in [0.4, 0.5) is 10.1 Å². The van der Waals surface area contributed by atoms with E-state index in [1.807, 2.05) is 0 Å². The monoisotopic (exact) mass is 381 g/mol. The number of likely N-dealkylation sites (N-methyl/N-ethyl adjacent to an activating group) is 1. The number of nitrogens with zero attached hydrogens (tertiary/aromatic N) is 1. The lowest BCUT2D eigenvalue weighted by molar-refractivity contribution is -0.121. The molecule has 1 aromatic carbocycles. The molecule has 118 valence electrons. The zero-order chi connectivity index (χ0) is 16.4. The van der Waals surface area contributed by atoms with Gasteiger partial charge in [0.1, 0.15) is 10.7 Å². The molecule has 0 aliphatic carbocycles. The topological polar surface area (TPSA) is 92.5 Å². The second kappa shape index (κ2) is 6.71. The van der Waals surface area contributed by atoms with E-state index < -0.39 is 33.2 Å². The molecule has 0 fully saturated rings. The number of nitrogens with one attached hydrogen (secondary N) is 1. The minimum atomic E-state index is -4.14. The van der Waals surface area contributed by atoms with Crippen molar-refractivity contribution in [2.75, 3.05) is 19.3 Å². The van der Waals surface area contributed by atoms with Crippen molar-refractivity contribution in [2.45, 2.75) is 24.8 Å². The predicted molar refractivity (Wildman–Crippen MR) is 81.6 cm³/mol. The summed E-state index contributed by atoms with van der Waals surface area (Å²) in [6.07, 6.45) is 0. The summed E-state index contributed by atoms with van der Waals surface area (Å²) in [5.74, 6) is -1.41. The van der Waals surface area contributed by atoms with Crippen molar-refractivity contribution in [2.24, 2.45) is 0 Å². The number of hydrogen-bond acceptors (Lipinski definition) is 4. The third-order valence-corrected chi connectivity index (χ3v) is 5.06. The van der Waals surface area contributed by atoms with Crippen LogP contribution in [0, 0.1) is 5.82 Å². The van der Waals surface area contributed by atoms with Crippen LogP contribution in [0.15, 0.2) is 21.5 Å². The van der Waals surface area contributed by atoms with Gasteiger partial charge in [-0.3, -0.25) is 4.79 Å². The minimum Gasteiger partial charge on any atom is -0.398 e. The van der Waals surface area contributed by atoms with E-state index in [9.17, 15) is 17.6 Å². The van der Waals surface area contributed by atoms with E-state index in [-0.39, 0.29) is 16.2 Å². The first kappa shape index (κ1) is 17.9. The summed E-state index contributed by atoms with van der Waals surface area (Å²) in [5, 5.41) is 2.56. The number of amides is 1. The van der Waals surface area contributed by atoms with Gasteiger partial charge >= 0.3 is 0 Å². The van der Waals surface area contributed by atoms with Crippen LogP contribution in [0.5, 0.6) is 0 Å². The number of carbonyl (C=O) groups excluding carboxylic acids is 1. The molecule has 0 bridgehead atoms. The second-order valence-electron chi connectivity index (χ2n) is 4.79. The van der Waals surface area contributed by atoms with Crippen LogP contribution in [0.1, 0.15) is 13.8 Å². The zero-order valence-corrected chi connectivity index (χ0v) is 14.3. The average molecular weight is 382 g/mol. The van der Waals surface area contributed by atoms with E-state index in [0.717, 1.165) is 16.4 Å². The summed E-state index contributed by atoms with van der Waals surface area (Å²) < 4.78 is 39.4. The molecule has 0 aromatic heterocycles. The first-order valence-corrected chi connectivity index (χ1v) is 8.29. The molecule has 21 heavy (non-hydrogen) atoms. The largest absolute Gasteiger partial charge is 0.398 e. The van der Waals surface area contributed by atoms with Crippen LogP contribution in [0.2, 0.25) is 0 Å². The fourth-order valence-electron chi connectivity index (χ4n) is 1.57. The summed E-state index contributed by atoms with van der Waals surface area (Å²) in [6.45, 7) is 3.10. The third kappa shape index (κ3) is 4.39. The number of carbonyl (C=O) groups is 1. The fourth-order valence-corrected chi connectivity index (χ4v) is 3.08. The maximum atomic E-state index is 13.8. The van der Waals surface area contributed by atoms with Gasteiger partial charge in [0.05, 0.1) is 6.54 Å². The van der Waals surface area contributed by atoms with Crippen LogP contribution in [0.3, 0.4) is 0 Å². The normalized spacial score (nSPS) is 12.0. The van der Waals surface area contributed by atoms with Gasteiger partial charge in [-0.05, 0) is 41.9 Å². The molecule has 0 heterocycles. The Morgan fingerprint density at radius 2 is 2.05 bits per heavy atom. The van der Waals surface area contributed by atoms with E-state index in [2.05, 4.69) is 21.2 Å². The smallest absolute Gasteiger partial charge is 0.246 e. The van der Waals surface area contributed by atoms with Gasteiger partial charge in [-0.25, -0.2) is 12.8 Å². The minimum absolute atomic E-state index is 0.0926. The van der Waals surface area contributed by atoms with Gasteiger partial charge in [-0.2, -0.15) is 4.31 Å². The molecule has 9 heteroatoms. The quantitative estimate of drug-likeness (QED) is 0.752. The summed E-state index contributed by atoms with van der Waals surface area (Å²) in [4.78, 5) is 11.0. The second-order valence-corrected chi connectivity index (χ2v) is 7.66. The zero-order valence-electron chi connectivity index (χ0n) is 11.9. The van der Waals surface area contributed by atoms with Gasteiger partial charge in [-0.1, -0.05) is 0 Å². The Labute approximate surface area is 131 Å². The number of rotatable bonds is 5. The van der Waals surface area contributed by atoms with Crippen molar-refractivity contribution < 1.29 is 17.6 Å². The van der Waals surface area contributed by atoms with E-state index >= 15 is 0 Å². The molecule has 0 spiro atoms. The summed E-state index contributed by atoms with van der Waals surface area (Å²) in [6, 6.07) is 1.88. The molecule has 1 aromatic rings. The fraction of sp³-hybridized carbons (Fsp3) is 0.417. The van der Waals surface area contributed by atoms with Crippen molar-refractivity contribution >= 4 is 37.5 Å². The van der Waals surface area contributed by atoms with E-state index in [4.69, 9.17) is 5.73 Å². The lowest BCUT2D eigenvalue weighted by Gasteiger charge is -2.18. The molecule has 0 unspecified atom stereocenters. The van der Waals surface area contributed by atoms with Crippen molar-refractivity contribution in [3.05, 3.63) is 22.4 Å². The molecular formula is C12H17BrFN3O3S. The Morgan fingerprint density at radius 3 is 2.57 bits per heavy atom. The lowest BCUT2D eigenvalue weighted by Crippen LogP contribution is -2.41. The molecule has 3 N–H and O–H groups in total. The summed E-state index contributed by atoms with van der Waals surface area (Å²) in [7, 11) is -2.94. The van der Waals surface area contributed by atoms with Crippen molar-refractivity contribution in [3.63, 3.8) is 0 Å². The van der Waals surface area contributed by atoms with Crippen LogP contribution in [-0.4, -0.2) is 38.3 Å². The van der Waals surface area contributed by atoms with Gasteiger partial charge in [0.25, 0.3) is 0 Å². The van der Waals surface area contributed by atoms with Crippen molar-refractivity contribution in [1.82, 2.24) is 9.62 Å². The molecule has 0 aliphatic rings. The Morgan fingerprint density at radius 1 is 1.48 bits per heavy atom. The highest BCUT2D eigenvalue weighted by Crippen LogP contribution is 2.27. The van der Waals surface area contributed by atoms with Crippen LogP contribution >= 0.6 is 15.9 Å². The number of anilines is 1. The Bertz CT molecular complexity index is 649. The highest BCUT2D eigenvalue weighted by atomic mass is 79.9. The molecule has 0 saturated heterocycles. The van der Waals surface area contributed by atoms with Crippen LogP contribution < -0.4 is 11.1 Å². The maximum absolute atomic E-state index is 13.8. The number of halogens is 2. The first-order chi connectivity index (χ1) is 9.55. The Hall–Kier alpha value is -1.19.